The number of ether oxygens (including phenoxy) is 2. The van der Waals surface area contributed by atoms with Crippen molar-refractivity contribution in [2.24, 2.45) is 0 Å². The van der Waals surface area contributed by atoms with Gasteiger partial charge in [-0.15, -0.1) is 0 Å². The van der Waals surface area contributed by atoms with Gasteiger partial charge in [-0.1, -0.05) is 30.3 Å². The van der Waals surface area contributed by atoms with Gasteiger partial charge >= 0.3 is 6.03 Å². The van der Waals surface area contributed by atoms with Crippen molar-refractivity contribution in [3.63, 3.8) is 0 Å². The molecule has 0 radical (unpaired) electrons. The van der Waals surface area contributed by atoms with Crippen LogP contribution in [-0.4, -0.2) is 22.6 Å². The first kappa shape index (κ1) is 17.0. The van der Waals surface area contributed by atoms with Gasteiger partial charge in [0, 0.05) is 25.5 Å². The molecule has 2 aromatic carbocycles. The highest BCUT2D eigenvalue weighted by Gasteiger charge is 2.13. The van der Waals surface area contributed by atoms with Gasteiger partial charge in [0.1, 0.15) is 0 Å². The molecule has 0 bridgehead atoms. The fourth-order valence-electron chi connectivity index (χ4n) is 2.90. The number of benzene rings is 2. The van der Waals surface area contributed by atoms with E-state index in [0.717, 1.165) is 22.4 Å². The first-order chi connectivity index (χ1) is 13.3. The fourth-order valence-corrected chi connectivity index (χ4v) is 2.90. The molecule has 7 nitrogen and oxygen atoms in total. The van der Waals surface area contributed by atoms with E-state index >= 15 is 0 Å². The first-order valence-electron chi connectivity index (χ1n) is 8.72. The maximum absolute atomic E-state index is 12.1. The quantitative estimate of drug-likeness (QED) is 0.705. The Balaban J connectivity index is 1.26. The zero-order chi connectivity index (χ0) is 18.5. The number of hydrogen-bond donors (Lipinski definition) is 2. The Morgan fingerprint density at radius 2 is 1.74 bits per heavy atom. The van der Waals surface area contributed by atoms with Crippen LogP contribution in [0.2, 0.25) is 0 Å². The van der Waals surface area contributed by atoms with E-state index < -0.39 is 0 Å². The normalized spacial score (nSPS) is 12.0. The van der Waals surface area contributed by atoms with Crippen LogP contribution in [-0.2, 0) is 19.6 Å². The summed E-state index contributed by atoms with van der Waals surface area (Å²) in [6, 6.07) is 15.4. The summed E-state index contributed by atoms with van der Waals surface area (Å²) < 4.78 is 12.5. The second-order valence-electron chi connectivity index (χ2n) is 6.25. The molecule has 1 aliphatic rings. The summed E-state index contributed by atoms with van der Waals surface area (Å²) in [4.78, 5) is 12.1. The van der Waals surface area contributed by atoms with Gasteiger partial charge in [-0.05, 0) is 34.9 Å². The molecule has 0 atom stereocenters. The van der Waals surface area contributed by atoms with Crippen LogP contribution in [0.3, 0.4) is 0 Å². The molecule has 0 unspecified atom stereocenters. The Bertz CT molecular complexity index is 925. The number of nitrogens with zero attached hydrogens (tertiary/aromatic N) is 2. The second-order valence-corrected chi connectivity index (χ2v) is 6.25. The number of hydrogen-bond acceptors (Lipinski definition) is 4. The molecule has 1 aliphatic heterocycles. The highest BCUT2D eigenvalue weighted by atomic mass is 16.7. The average molecular weight is 364 g/mol. The van der Waals surface area contributed by atoms with Crippen LogP contribution in [0.15, 0.2) is 60.9 Å². The predicted molar refractivity (Wildman–Crippen MR) is 99.4 cm³/mol. The van der Waals surface area contributed by atoms with Crippen molar-refractivity contribution >= 4 is 6.03 Å². The minimum atomic E-state index is -0.217. The largest absolute Gasteiger partial charge is 0.454 e. The average Bonchev–Trinajstić information content (AvgIpc) is 3.36. The van der Waals surface area contributed by atoms with Crippen molar-refractivity contribution < 1.29 is 14.3 Å². The standard InChI is InChI=1S/C20H20N4O3/c25-20(22-12-16-5-6-18-19(10-16)27-14-26-18)21-11-15-3-1-4-17(9-15)13-24-8-2-7-23-24/h1-10H,11-14H2,(H2,21,22,25). The Morgan fingerprint density at radius 3 is 2.56 bits per heavy atom. The van der Waals surface area contributed by atoms with Crippen molar-refractivity contribution in [3.05, 3.63) is 77.6 Å². The van der Waals surface area contributed by atoms with E-state index in [2.05, 4.69) is 21.8 Å². The van der Waals surface area contributed by atoms with E-state index in [1.165, 1.54) is 0 Å². The summed E-state index contributed by atoms with van der Waals surface area (Å²) in [5, 5.41) is 9.94. The van der Waals surface area contributed by atoms with E-state index in [1.807, 2.05) is 53.3 Å². The lowest BCUT2D eigenvalue weighted by molar-refractivity contribution is 0.174. The zero-order valence-electron chi connectivity index (χ0n) is 14.7. The number of nitrogens with one attached hydrogen (secondary N) is 2. The molecule has 138 valence electrons. The number of urea groups is 1. The Kier molecular flexibility index (Phi) is 4.91. The Labute approximate surface area is 156 Å². The number of aromatic nitrogens is 2. The van der Waals surface area contributed by atoms with Crippen LogP contribution in [0.4, 0.5) is 4.79 Å². The van der Waals surface area contributed by atoms with Gasteiger partial charge in [0.05, 0.1) is 6.54 Å². The fraction of sp³-hybridized carbons (Fsp3) is 0.200. The molecule has 3 aromatic rings. The monoisotopic (exact) mass is 364 g/mol. The minimum Gasteiger partial charge on any atom is -0.454 e. The van der Waals surface area contributed by atoms with Crippen molar-refractivity contribution in [2.75, 3.05) is 6.79 Å². The maximum atomic E-state index is 12.1. The highest BCUT2D eigenvalue weighted by Crippen LogP contribution is 2.32. The third-order valence-electron chi connectivity index (χ3n) is 4.24. The molecule has 2 N–H and O–H groups in total. The Morgan fingerprint density at radius 1 is 0.963 bits per heavy atom. The number of fused-ring (bicyclic) bond motifs is 1. The molecule has 4 rings (SSSR count). The number of carbonyl (C=O) groups excluding carboxylic acids is 1. The van der Waals surface area contributed by atoms with Gasteiger partial charge in [0.25, 0.3) is 0 Å². The van der Waals surface area contributed by atoms with Gasteiger partial charge in [-0.3, -0.25) is 4.68 Å². The molecule has 0 spiro atoms. The van der Waals surface area contributed by atoms with Crippen molar-refractivity contribution in [3.8, 4) is 11.5 Å². The van der Waals surface area contributed by atoms with Crippen LogP contribution in [0, 0.1) is 0 Å². The van der Waals surface area contributed by atoms with Crippen molar-refractivity contribution in [1.29, 1.82) is 0 Å². The summed E-state index contributed by atoms with van der Waals surface area (Å²) in [5.41, 5.74) is 3.13. The molecule has 0 saturated carbocycles. The van der Waals surface area contributed by atoms with E-state index in [0.29, 0.717) is 25.4 Å². The number of carbonyl (C=O) groups is 1. The molecule has 2 amide bonds. The van der Waals surface area contributed by atoms with Crippen LogP contribution in [0.25, 0.3) is 0 Å². The molecule has 0 saturated heterocycles. The zero-order valence-corrected chi connectivity index (χ0v) is 14.7. The minimum absolute atomic E-state index is 0.217. The van der Waals surface area contributed by atoms with Gasteiger partial charge in [0.15, 0.2) is 11.5 Å². The summed E-state index contributed by atoms with van der Waals surface area (Å²) >= 11 is 0. The van der Waals surface area contributed by atoms with Gasteiger partial charge in [-0.2, -0.15) is 5.10 Å². The smallest absolute Gasteiger partial charge is 0.315 e. The van der Waals surface area contributed by atoms with Gasteiger partial charge in [0.2, 0.25) is 6.79 Å². The molecule has 7 heteroatoms. The lowest BCUT2D eigenvalue weighted by atomic mass is 10.1. The lowest BCUT2D eigenvalue weighted by Gasteiger charge is -2.09. The number of rotatable bonds is 6. The highest BCUT2D eigenvalue weighted by molar-refractivity contribution is 5.73. The third-order valence-corrected chi connectivity index (χ3v) is 4.24. The van der Waals surface area contributed by atoms with Crippen molar-refractivity contribution in [1.82, 2.24) is 20.4 Å². The Hall–Kier alpha value is -3.48. The molecule has 0 aliphatic carbocycles. The van der Waals surface area contributed by atoms with E-state index in [9.17, 15) is 4.79 Å². The van der Waals surface area contributed by atoms with Gasteiger partial charge in [-0.25, -0.2) is 4.79 Å². The van der Waals surface area contributed by atoms with Crippen LogP contribution in [0.5, 0.6) is 11.5 Å². The molecular weight excluding hydrogens is 344 g/mol. The van der Waals surface area contributed by atoms with Crippen molar-refractivity contribution in [2.45, 2.75) is 19.6 Å². The summed E-state index contributed by atoms with van der Waals surface area (Å²) in [5.74, 6) is 1.45. The van der Waals surface area contributed by atoms with E-state index in [-0.39, 0.29) is 12.8 Å². The molecule has 0 fully saturated rings. The molecule has 27 heavy (non-hydrogen) atoms. The van der Waals surface area contributed by atoms with Crippen LogP contribution >= 0.6 is 0 Å². The number of amides is 2. The van der Waals surface area contributed by atoms with Gasteiger partial charge < -0.3 is 20.1 Å². The topological polar surface area (TPSA) is 77.4 Å². The molecule has 2 heterocycles. The lowest BCUT2D eigenvalue weighted by Crippen LogP contribution is -2.34. The second kappa shape index (κ2) is 7.82. The third kappa shape index (κ3) is 4.38. The predicted octanol–water partition coefficient (Wildman–Crippen LogP) is 2.66. The van der Waals surface area contributed by atoms with E-state index in [4.69, 9.17) is 9.47 Å². The summed E-state index contributed by atoms with van der Waals surface area (Å²) in [7, 11) is 0. The molecule has 1 aromatic heterocycles. The van der Waals surface area contributed by atoms with E-state index in [1.54, 1.807) is 6.20 Å². The summed E-state index contributed by atoms with van der Waals surface area (Å²) in [6.45, 7) is 1.82. The maximum Gasteiger partial charge on any atom is 0.315 e. The summed E-state index contributed by atoms with van der Waals surface area (Å²) in [6.07, 6.45) is 3.68. The first-order valence-corrected chi connectivity index (χ1v) is 8.72. The molecular formula is C20H20N4O3. The van der Waals surface area contributed by atoms with Crippen LogP contribution in [0.1, 0.15) is 16.7 Å². The SMILES string of the molecule is O=C(NCc1cccc(Cn2cccn2)c1)NCc1ccc2c(c1)OCO2. The van der Waals surface area contributed by atoms with Crippen LogP contribution < -0.4 is 20.1 Å².